The molecule has 2 unspecified atom stereocenters. The van der Waals surface area contributed by atoms with Gasteiger partial charge in [-0.3, -0.25) is 18.7 Å². The summed E-state index contributed by atoms with van der Waals surface area (Å²) in [7, 11) is -16.6. The Morgan fingerprint density at radius 2 is 1.71 bits per heavy atom. The van der Waals surface area contributed by atoms with E-state index < -0.39 is 65.2 Å². The van der Waals surface area contributed by atoms with Crippen molar-refractivity contribution in [3.63, 3.8) is 0 Å². The maximum absolute atomic E-state index is 12.7. The highest BCUT2D eigenvalue weighted by Gasteiger charge is 2.71. The van der Waals surface area contributed by atoms with Crippen molar-refractivity contribution in [3.8, 4) is 11.8 Å². The predicted molar refractivity (Wildman–Crippen MR) is 244 cm³/mol. The van der Waals surface area contributed by atoms with Gasteiger partial charge in [-0.15, -0.1) is 0 Å². The Balaban J connectivity index is 0.763. The van der Waals surface area contributed by atoms with Crippen LogP contribution in [0, 0.1) is 46.3 Å². The molecule has 6 aliphatic rings. The number of rotatable bonds is 19. The van der Waals surface area contributed by atoms with Crippen LogP contribution < -0.4 is 22.1 Å². The maximum Gasteiger partial charge on any atom is 0.490 e. The van der Waals surface area contributed by atoms with Gasteiger partial charge in [0.25, 0.3) is 0 Å². The van der Waals surface area contributed by atoms with Gasteiger partial charge in [0.1, 0.15) is 25.3 Å². The SMILES string of the molecule is C[C@]12CC[C@H](OCC(=O)NCCCCCC(=O)NCC#Cc3cn([C@H]4CC[C@@H](COP(=O)(O)OP(=O)(O)OP(=O)(O)O)O4)c(=O)nc3N)C[C@H]1CC[C@@H]1[C@@H]2C[C@@H](O)[C@]2(C)[C@@H](C3=CC(=O)OC3)CC[C@]12O. The molecule has 1 saturated heterocycles. The molecule has 0 radical (unpaired) electrons. The summed E-state index contributed by atoms with van der Waals surface area (Å²) in [6.45, 7) is 4.21. The lowest BCUT2D eigenvalue weighted by Crippen LogP contribution is -2.67. The Labute approximate surface area is 404 Å². The molecular formula is C43H64N5O19P3. The van der Waals surface area contributed by atoms with E-state index in [9.17, 15) is 52.9 Å². The minimum atomic E-state index is -5.69. The second kappa shape index (κ2) is 21.6. The van der Waals surface area contributed by atoms with Crippen LogP contribution >= 0.6 is 23.5 Å². The number of esters is 1. The molecule has 70 heavy (non-hydrogen) atoms. The standard InChI is InChI=1S/C43H64N5O19P3/c1-41-15-13-29(20-28(41)9-11-32-33(41)21-34(49)42(2)31(14-16-43(32,42)54)27-19-38(52)63-23-27)62-25-36(51)46-17-5-3-4-8-35(50)45-18-6-7-26-22-48(40(53)47-39(26)44)37-12-10-30(65-37)24-64-69(58,59)67-70(60,61)66-68(55,56)57/h19,22,28-34,37,49,54H,3-5,8-18,20-21,23-25H2,1-2H3,(H,45,50)(H,46,51)(H,58,59)(H,60,61)(H2,44,47,53)(H2,55,56,57)/t28-,29+,30+,31-,32-,33+,34-,37-,41+,42+,43+/m1/s1. The van der Waals surface area contributed by atoms with Crippen molar-refractivity contribution in [1.82, 2.24) is 20.2 Å². The summed E-state index contributed by atoms with van der Waals surface area (Å²) in [5.74, 6) is 4.98. The third-order valence-corrected chi connectivity index (χ3v) is 19.5. The number of fused-ring (bicyclic) bond motifs is 5. The summed E-state index contributed by atoms with van der Waals surface area (Å²) in [5, 5.41) is 29.9. The average Bonchev–Trinajstić information content (AvgIpc) is 3.99. The third-order valence-electron chi connectivity index (χ3n) is 15.7. The van der Waals surface area contributed by atoms with Gasteiger partial charge in [-0.1, -0.05) is 32.1 Å². The largest absolute Gasteiger partial charge is 0.490 e. The first kappa shape index (κ1) is 54.4. The fourth-order valence-electron chi connectivity index (χ4n) is 12.2. The monoisotopic (exact) mass is 1050 g/mol. The molecule has 4 saturated carbocycles. The Kier molecular flexibility index (Phi) is 16.8. The third kappa shape index (κ3) is 12.3. The van der Waals surface area contributed by atoms with Gasteiger partial charge >= 0.3 is 35.1 Å². The number of unbranched alkanes of at least 4 members (excludes halogenated alkanes) is 2. The summed E-state index contributed by atoms with van der Waals surface area (Å²) in [6.07, 6.45) is 8.93. The van der Waals surface area contributed by atoms with Crippen molar-refractivity contribution in [2.24, 2.45) is 34.5 Å². The van der Waals surface area contributed by atoms with Gasteiger partial charge in [0.05, 0.1) is 42.6 Å². The number of aliphatic hydroxyl groups is 2. The molecule has 27 heteroatoms. The molecule has 7 rings (SSSR count). The second-order valence-corrected chi connectivity index (χ2v) is 24.1. The number of phosphoric ester groups is 1. The molecule has 4 aliphatic carbocycles. The number of hydrogen-bond donors (Lipinski definition) is 9. The van der Waals surface area contributed by atoms with Gasteiger partial charge in [-0.2, -0.15) is 13.6 Å². The van der Waals surface area contributed by atoms with E-state index >= 15 is 0 Å². The number of nitrogen functional groups attached to an aromatic ring is 1. The van der Waals surface area contributed by atoms with Crippen molar-refractivity contribution in [1.29, 1.82) is 0 Å². The number of carbonyl (C=O) groups excluding carboxylic acids is 3. The lowest BCUT2D eigenvalue weighted by Gasteiger charge is -2.65. The first-order valence-corrected chi connectivity index (χ1v) is 28.1. The van der Waals surface area contributed by atoms with E-state index in [2.05, 4.69) is 47.5 Å². The number of cyclic esters (lactones) is 1. The van der Waals surface area contributed by atoms with E-state index in [1.54, 1.807) is 6.08 Å². The van der Waals surface area contributed by atoms with E-state index in [0.29, 0.717) is 51.0 Å². The van der Waals surface area contributed by atoms with Gasteiger partial charge in [0, 0.05) is 30.7 Å². The van der Waals surface area contributed by atoms with E-state index in [1.165, 1.54) is 6.20 Å². The minimum absolute atomic E-state index is 0.0372. The van der Waals surface area contributed by atoms with Crippen LogP contribution in [-0.4, -0.2) is 114 Å². The first-order valence-electron chi connectivity index (χ1n) is 23.6. The molecule has 3 heterocycles. The van der Waals surface area contributed by atoms with Gasteiger partial charge in [0.15, 0.2) is 0 Å². The molecule has 0 spiro atoms. The van der Waals surface area contributed by atoms with Gasteiger partial charge < -0.3 is 60.4 Å². The summed E-state index contributed by atoms with van der Waals surface area (Å²) < 4.78 is 64.5. The lowest BCUT2D eigenvalue weighted by molar-refractivity contribution is -0.245. The van der Waals surface area contributed by atoms with Crippen molar-refractivity contribution in [2.75, 3.05) is 38.6 Å². The highest BCUT2D eigenvalue weighted by atomic mass is 31.3. The zero-order valence-electron chi connectivity index (χ0n) is 39.0. The quantitative estimate of drug-likeness (QED) is 0.0416. The van der Waals surface area contributed by atoms with Crippen LogP contribution in [0.4, 0.5) is 5.82 Å². The molecule has 1 aromatic rings. The molecule has 5 fully saturated rings. The van der Waals surface area contributed by atoms with Gasteiger partial charge in [-0.05, 0) is 112 Å². The summed E-state index contributed by atoms with van der Waals surface area (Å²) in [5.41, 5.74) is 4.28. The lowest BCUT2D eigenvalue weighted by atomic mass is 9.42. The van der Waals surface area contributed by atoms with E-state index in [1.807, 2.05) is 6.92 Å². The number of nitrogens with two attached hydrogens (primary N) is 1. The highest BCUT2D eigenvalue weighted by molar-refractivity contribution is 7.66. The zero-order valence-corrected chi connectivity index (χ0v) is 41.7. The highest BCUT2D eigenvalue weighted by Crippen LogP contribution is 2.70. The van der Waals surface area contributed by atoms with Crippen LogP contribution in [0.25, 0.3) is 0 Å². The Morgan fingerprint density at radius 3 is 2.44 bits per heavy atom. The first-order chi connectivity index (χ1) is 32.8. The molecule has 1 aromatic heterocycles. The number of phosphoric acid groups is 3. The summed E-state index contributed by atoms with van der Waals surface area (Å²) in [6, 6.07) is 0. The van der Waals surface area contributed by atoms with Crippen molar-refractivity contribution < 1.29 is 85.2 Å². The molecular weight excluding hydrogens is 983 g/mol. The topological polar surface area (TPSA) is 364 Å². The fraction of sp³-hybridized carbons (Fsp3) is 0.744. The van der Waals surface area contributed by atoms with Gasteiger partial charge in [0.2, 0.25) is 11.8 Å². The molecule has 390 valence electrons. The van der Waals surface area contributed by atoms with Gasteiger partial charge in [-0.25, -0.2) is 23.3 Å². The smallest absolute Gasteiger partial charge is 0.458 e. The normalized spacial score (nSPS) is 34.3. The number of aliphatic hydroxyl groups excluding tert-OH is 1. The number of anilines is 1. The summed E-state index contributed by atoms with van der Waals surface area (Å²) >= 11 is 0. The Bertz CT molecular complexity index is 2460. The fourth-order valence-corrected chi connectivity index (χ4v) is 15.3. The minimum Gasteiger partial charge on any atom is -0.458 e. The Hall–Kier alpha value is -3.36. The second-order valence-electron chi connectivity index (χ2n) is 19.7. The van der Waals surface area contributed by atoms with E-state index in [4.69, 9.17) is 29.7 Å². The van der Waals surface area contributed by atoms with Crippen LogP contribution in [0.1, 0.15) is 116 Å². The number of amides is 2. The molecule has 0 bridgehead atoms. The van der Waals surface area contributed by atoms with Crippen molar-refractivity contribution in [3.05, 3.63) is 33.9 Å². The van der Waals surface area contributed by atoms with Crippen LogP contribution in [0.3, 0.4) is 0 Å². The van der Waals surface area contributed by atoms with Crippen LogP contribution in [0.5, 0.6) is 0 Å². The molecule has 2 amide bonds. The molecule has 13 atom stereocenters. The van der Waals surface area contributed by atoms with Crippen molar-refractivity contribution in [2.45, 2.75) is 134 Å². The number of ether oxygens (including phenoxy) is 3. The van der Waals surface area contributed by atoms with Crippen LogP contribution in [0.2, 0.25) is 0 Å². The van der Waals surface area contributed by atoms with Crippen molar-refractivity contribution >= 4 is 47.1 Å². The zero-order chi connectivity index (χ0) is 50.9. The predicted octanol–water partition coefficient (Wildman–Crippen LogP) is 2.60. The molecule has 2 aliphatic heterocycles. The van der Waals surface area contributed by atoms with E-state index in [0.717, 1.165) is 42.2 Å². The van der Waals surface area contributed by atoms with E-state index in [-0.39, 0.29) is 97.5 Å². The summed E-state index contributed by atoms with van der Waals surface area (Å²) in [4.78, 5) is 89.8. The molecule has 24 nitrogen and oxygen atoms in total. The number of aromatic nitrogens is 2. The number of nitrogens with zero attached hydrogens (tertiary/aromatic N) is 2. The molecule has 10 N–H and O–H groups in total. The molecule has 0 aromatic carbocycles. The Morgan fingerprint density at radius 1 is 0.943 bits per heavy atom. The average molecular weight is 1050 g/mol. The maximum atomic E-state index is 12.7. The number of carbonyl (C=O) groups is 3. The number of hydrogen-bond acceptors (Lipinski definition) is 17. The van der Waals surface area contributed by atoms with Crippen LogP contribution in [0.15, 0.2) is 22.6 Å². The van der Waals surface area contributed by atoms with Crippen LogP contribution in [-0.2, 0) is 55.4 Å². The number of nitrogens with one attached hydrogen (secondary N) is 2.